The first-order chi connectivity index (χ1) is 14.3. The van der Waals surface area contributed by atoms with Crippen LogP contribution >= 0.6 is 0 Å². The van der Waals surface area contributed by atoms with Gasteiger partial charge >= 0.3 is 0 Å². The Bertz CT molecular complexity index is 772. The van der Waals surface area contributed by atoms with E-state index in [-0.39, 0.29) is 11.3 Å². The second kappa shape index (κ2) is 9.58. The largest absolute Gasteiger partial charge is 0.355 e. The zero-order valence-corrected chi connectivity index (χ0v) is 17.5. The van der Waals surface area contributed by atoms with Crippen molar-refractivity contribution in [2.24, 2.45) is 11.3 Å². The van der Waals surface area contributed by atoms with Crippen molar-refractivity contribution in [2.75, 3.05) is 19.6 Å². The molecule has 1 aliphatic carbocycles. The summed E-state index contributed by atoms with van der Waals surface area (Å²) in [6, 6.07) is 19.3. The Balaban J connectivity index is 1.44. The molecule has 1 heterocycles. The SMILES string of the molecule is O=C(NCC1CCCCC1)C1(Cc2ccc(-c3ccccc3)cc2)CCNCC1. The van der Waals surface area contributed by atoms with E-state index < -0.39 is 0 Å². The van der Waals surface area contributed by atoms with Crippen LogP contribution in [0.2, 0.25) is 0 Å². The van der Waals surface area contributed by atoms with Gasteiger partial charge in [0.25, 0.3) is 0 Å². The maximum absolute atomic E-state index is 13.3. The summed E-state index contributed by atoms with van der Waals surface area (Å²) in [4.78, 5) is 13.3. The third kappa shape index (κ3) is 5.08. The summed E-state index contributed by atoms with van der Waals surface area (Å²) < 4.78 is 0. The lowest BCUT2D eigenvalue weighted by Crippen LogP contribution is -2.49. The fourth-order valence-corrected chi connectivity index (χ4v) is 5.04. The van der Waals surface area contributed by atoms with Gasteiger partial charge in [-0.15, -0.1) is 0 Å². The number of benzene rings is 2. The number of hydrogen-bond acceptors (Lipinski definition) is 2. The van der Waals surface area contributed by atoms with Gasteiger partial charge in [0, 0.05) is 6.54 Å². The van der Waals surface area contributed by atoms with Crippen LogP contribution < -0.4 is 10.6 Å². The molecule has 1 amide bonds. The summed E-state index contributed by atoms with van der Waals surface area (Å²) in [5, 5.41) is 6.79. The van der Waals surface area contributed by atoms with Gasteiger partial charge in [-0.3, -0.25) is 4.79 Å². The van der Waals surface area contributed by atoms with E-state index in [0.29, 0.717) is 5.92 Å². The van der Waals surface area contributed by atoms with E-state index in [4.69, 9.17) is 0 Å². The molecule has 2 N–H and O–H groups in total. The maximum atomic E-state index is 13.3. The van der Waals surface area contributed by atoms with Crippen molar-refractivity contribution in [3.8, 4) is 11.1 Å². The van der Waals surface area contributed by atoms with E-state index in [1.54, 1.807) is 0 Å². The van der Waals surface area contributed by atoms with Crippen LogP contribution in [-0.4, -0.2) is 25.5 Å². The summed E-state index contributed by atoms with van der Waals surface area (Å²) in [5.41, 5.74) is 3.46. The van der Waals surface area contributed by atoms with Crippen molar-refractivity contribution in [2.45, 2.75) is 51.4 Å². The van der Waals surface area contributed by atoms with Crippen LogP contribution in [0.5, 0.6) is 0 Å². The van der Waals surface area contributed by atoms with Gasteiger partial charge in [0.15, 0.2) is 0 Å². The molecule has 2 fully saturated rings. The van der Waals surface area contributed by atoms with Crippen LogP contribution in [0.4, 0.5) is 0 Å². The zero-order valence-electron chi connectivity index (χ0n) is 17.5. The van der Waals surface area contributed by atoms with Crippen molar-refractivity contribution >= 4 is 5.91 Å². The molecule has 3 heteroatoms. The lowest BCUT2D eigenvalue weighted by Gasteiger charge is -2.37. The van der Waals surface area contributed by atoms with Gasteiger partial charge < -0.3 is 10.6 Å². The third-order valence-electron chi connectivity index (χ3n) is 6.92. The Morgan fingerprint density at radius 3 is 2.24 bits per heavy atom. The smallest absolute Gasteiger partial charge is 0.226 e. The van der Waals surface area contributed by atoms with Gasteiger partial charge in [-0.1, -0.05) is 73.9 Å². The molecule has 29 heavy (non-hydrogen) atoms. The van der Waals surface area contributed by atoms with Crippen LogP contribution in [0, 0.1) is 11.3 Å². The fourth-order valence-electron chi connectivity index (χ4n) is 5.04. The highest BCUT2D eigenvalue weighted by Gasteiger charge is 2.39. The van der Waals surface area contributed by atoms with Crippen LogP contribution in [0.1, 0.15) is 50.5 Å². The summed E-state index contributed by atoms with van der Waals surface area (Å²) in [7, 11) is 0. The molecule has 1 saturated carbocycles. The predicted octanol–water partition coefficient (Wildman–Crippen LogP) is 4.96. The number of hydrogen-bond donors (Lipinski definition) is 2. The lowest BCUT2D eigenvalue weighted by molar-refractivity contribution is -0.132. The fraction of sp³-hybridized carbons (Fsp3) is 0.500. The molecule has 1 aliphatic heterocycles. The van der Waals surface area contributed by atoms with Gasteiger partial charge in [0.2, 0.25) is 5.91 Å². The second-order valence-electron chi connectivity index (χ2n) is 8.98. The number of carbonyl (C=O) groups excluding carboxylic acids is 1. The molecule has 2 aliphatic rings. The van der Waals surface area contributed by atoms with Crippen LogP contribution in [0.15, 0.2) is 54.6 Å². The van der Waals surface area contributed by atoms with E-state index in [1.807, 2.05) is 6.07 Å². The van der Waals surface area contributed by atoms with Crippen LogP contribution in [0.3, 0.4) is 0 Å². The first-order valence-electron chi connectivity index (χ1n) is 11.4. The topological polar surface area (TPSA) is 41.1 Å². The Kier molecular flexibility index (Phi) is 6.66. The third-order valence-corrected chi connectivity index (χ3v) is 6.92. The van der Waals surface area contributed by atoms with Crippen molar-refractivity contribution in [1.29, 1.82) is 0 Å². The number of rotatable bonds is 6. The monoisotopic (exact) mass is 390 g/mol. The van der Waals surface area contributed by atoms with Gasteiger partial charge in [-0.25, -0.2) is 0 Å². The van der Waals surface area contributed by atoms with Crippen LogP contribution in [0.25, 0.3) is 11.1 Å². The molecular formula is C26H34N2O. The highest BCUT2D eigenvalue weighted by molar-refractivity contribution is 5.83. The molecule has 0 spiro atoms. The predicted molar refractivity (Wildman–Crippen MR) is 120 cm³/mol. The molecule has 0 bridgehead atoms. The highest BCUT2D eigenvalue weighted by Crippen LogP contribution is 2.34. The maximum Gasteiger partial charge on any atom is 0.226 e. The summed E-state index contributed by atoms with van der Waals surface area (Å²) >= 11 is 0. The summed E-state index contributed by atoms with van der Waals surface area (Å²) in [5.74, 6) is 0.952. The number of amides is 1. The second-order valence-corrected chi connectivity index (χ2v) is 8.98. The average Bonchev–Trinajstić information content (AvgIpc) is 2.80. The Morgan fingerprint density at radius 2 is 1.55 bits per heavy atom. The molecule has 1 saturated heterocycles. The van der Waals surface area contributed by atoms with E-state index >= 15 is 0 Å². The van der Waals surface area contributed by atoms with E-state index in [0.717, 1.165) is 38.9 Å². The lowest BCUT2D eigenvalue weighted by atomic mass is 9.73. The van der Waals surface area contributed by atoms with Gasteiger partial charge in [-0.2, -0.15) is 0 Å². The first-order valence-corrected chi connectivity index (χ1v) is 11.4. The summed E-state index contributed by atoms with van der Waals surface area (Å²) in [6.07, 6.45) is 9.23. The van der Waals surface area contributed by atoms with Crippen molar-refractivity contribution in [3.63, 3.8) is 0 Å². The molecular weight excluding hydrogens is 356 g/mol. The molecule has 0 atom stereocenters. The normalized spacial score (nSPS) is 19.6. The van der Waals surface area contributed by atoms with Crippen molar-refractivity contribution < 1.29 is 4.79 Å². The molecule has 154 valence electrons. The Hall–Kier alpha value is -2.13. The molecule has 0 radical (unpaired) electrons. The van der Waals surface area contributed by atoms with E-state index in [9.17, 15) is 4.79 Å². The molecule has 2 aromatic rings. The number of nitrogens with one attached hydrogen (secondary N) is 2. The zero-order chi connectivity index (χ0) is 19.9. The highest BCUT2D eigenvalue weighted by atomic mass is 16.2. The van der Waals surface area contributed by atoms with E-state index in [1.165, 1.54) is 48.8 Å². The molecule has 0 unspecified atom stereocenters. The van der Waals surface area contributed by atoms with Crippen molar-refractivity contribution in [1.82, 2.24) is 10.6 Å². The minimum atomic E-state index is -0.270. The van der Waals surface area contributed by atoms with Crippen molar-refractivity contribution in [3.05, 3.63) is 60.2 Å². The average molecular weight is 391 g/mol. The standard InChI is InChI=1S/C26H34N2O/c29-25(28-20-22-7-3-1-4-8-22)26(15-17-27-18-16-26)19-21-11-13-24(14-12-21)23-9-5-2-6-10-23/h2,5-6,9-14,22,27H,1,3-4,7-8,15-20H2,(H,28,29). The van der Waals surface area contributed by atoms with Gasteiger partial charge in [0.05, 0.1) is 5.41 Å². The molecule has 4 rings (SSSR count). The minimum Gasteiger partial charge on any atom is -0.355 e. The Morgan fingerprint density at radius 1 is 0.897 bits per heavy atom. The van der Waals surface area contributed by atoms with Gasteiger partial charge in [0.1, 0.15) is 0 Å². The molecule has 3 nitrogen and oxygen atoms in total. The molecule has 0 aromatic heterocycles. The van der Waals surface area contributed by atoms with Gasteiger partial charge in [-0.05, 0) is 67.8 Å². The minimum absolute atomic E-state index is 0.270. The first kappa shape index (κ1) is 20.2. The number of carbonyl (C=O) groups is 1. The molecule has 2 aromatic carbocycles. The summed E-state index contributed by atoms with van der Waals surface area (Å²) in [6.45, 7) is 2.72. The Labute approximate surface area is 175 Å². The quantitative estimate of drug-likeness (QED) is 0.732. The number of piperidine rings is 1. The van der Waals surface area contributed by atoms with E-state index in [2.05, 4.69) is 59.2 Å². The van der Waals surface area contributed by atoms with Crippen LogP contribution in [-0.2, 0) is 11.2 Å².